The minimum absolute atomic E-state index is 0.359. The highest BCUT2D eigenvalue weighted by atomic mass is 79.9. The van der Waals surface area contributed by atoms with Crippen LogP contribution in [0.5, 0.6) is 0 Å². The van der Waals surface area contributed by atoms with Gasteiger partial charge in [0.05, 0.1) is 12.7 Å². The predicted octanol–water partition coefficient (Wildman–Crippen LogP) is 3.18. The largest absolute Gasteiger partial charge is 0.465 e. The highest BCUT2D eigenvalue weighted by Gasteiger charge is 2.09. The highest BCUT2D eigenvalue weighted by molar-refractivity contribution is 9.11. The Morgan fingerprint density at radius 1 is 1.41 bits per heavy atom. The van der Waals surface area contributed by atoms with Gasteiger partial charge in [0.1, 0.15) is 4.60 Å². The van der Waals surface area contributed by atoms with Crippen molar-refractivity contribution in [2.75, 3.05) is 7.11 Å². The zero-order valence-corrected chi connectivity index (χ0v) is 12.0. The zero-order valence-electron chi connectivity index (χ0n) is 8.85. The molecule has 0 fully saturated rings. The van der Waals surface area contributed by atoms with Gasteiger partial charge >= 0.3 is 5.97 Å². The molecule has 1 heterocycles. The minimum Gasteiger partial charge on any atom is -0.465 e. The molecule has 0 saturated carbocycles. The number of carbonyl (C=O) groups excluding carboxylic acids is 1. The van der Waals surface area contributed by atoms with E-state index in [4.69, 9.17) is 0 Å². The lowest BCUT2D eigenvalue weighted by Crippen LogP contribution is -2.02. The van der Waals surface area contributed by atoms with E-state index in [9.17, 15) is 4.79 Å². The number of esters is 1. The van der Waals surface area contributed by atoms with Crippen molar-refractivity contribution in [2.45, 2.75) is 0 Å². The molecule has 0 atom stereocenters. The van der Waals surface area contributed by atoms with Crippen LogP contribution in [0, 0.1) is 0 Å². The fraction of sp³-hybridized carbons (Fsp3) is 0.0909. The summed E-state index contributed by atoms with van der Waals surface area (Å²) in [5.41, 5.74) is 1.33. The first-order valence-electron chi connectivity index (χ1n) is 4.71. The molecule has 17 heavy (non-hydrogen) atoms. The van der Waals surface area contributed by atoms with Gasteiger partial charge in [-0.2, -0.15) is 0 Å². The third-order valence-corrected chi connectivity index (χ3v) is 3.12. The maximum absolute atomic E-state index is 11.4. The Balaban J connectivity index is 2.46. The number of halogens is 2. The standard InChI is InChI=1S/C11H8Br2N2O2/c1-17-10(16)7-3-2-4-8(5-7)15-6-9(12)14-11(15)13/h2-6H,1H3. The SMILES string of the molecule is COC(=O)c1cccc(-n2cc(Br)nc2Br)c1. The van der Waals surface area contributed by atoms with E-state index in [-0.39, 0.29) is 5.97 Å². The Morgan fingerprint density at radius 2 is 2.18 bits per heavy atom. The molecule has 0 amide bonds. The number of benzene rings is 1. The van der Waals surface area contributed by atoms with Crippen molar-refractivity contribution in [1.29, 1.82) is 0 Å². The number of methoxy groups -OCH3 is 1. The smallest absolute Gasteiger partial charge is 0.337 e. The van der Waals surface area contributed by atoms with Crippen molar-refractivity contribution in [3.05, 3.63) is 45.4 Å². The van der Waals surface area contributed by atoms with Gasteiger partial charge in [0.25, 0.3) is 0 Å². The Hall–Kier alpha value is -1.14. The van der Waals surface area contributed by atoms with Crippen LogP contribution in [0.15, 0.2) is 39.8 Å². The van der Waals surface area contributed by atoms with Crippen LogP contribution in [0.25, 0.3) is 5.69 Å². The average molecular weight is 360 g/mol. The van der Waals surface area contributed by atoms with Crippen molar-refractivity contribution in [1.82, 2.24) is 9.55 Å². The number of imidazole rings is 1. The Bertz CT molecular complexity index is 566. The minimum atomic E-state index is -0.359. The molecule has 88 valence electrons. The lowest BCUT2D eigenvalue weighted by Gasteiger charge is -2.05. The number of hydrogen-bond donors (Lipinski definition) is 0. The molecule has 4 nitrogen and oxygen atoms in total. The Labute approximate surface area is 115 Å². The van der Waals surface area contributed by atoms with Crippen molar-refractivity contribution in [3.8, 4) is 5.69 Å². The van der Waals surface area contributed by atoms with Gasteiger partial charge in [-0.3, -0.25) is 4.57 Å². The van der Waals surface area contributed by atoms with E-state index in [1.807, 2.05) is 10.6 Å². The summed E-state index contributed by atoms with van der Waals surface area (Å²) in [5.74, 6) is -0.359. The Kier molecular flexibility index (Phi) is 3.63. The van der Waals surface area contributed by atoms with Gasteiger partial charge in [-0.1, -0.05) is 6.07 Å². The molecule has 2 aromatic rings. The van der Waals surface area contributed by atoms with Gasteiger partial charge < -0.3 is 4.74 Å². The van der Waals surface area contributed by atoms with Gasteiger partial charge in [0.2, 0.25) is 0 Å². The van der Waals surface area contributed by atoms with Crippen LogP contribution in [0.1, 0.15) is 10.4 Å². The molecule has 0 saturated heterocycles. The first kappa shape index (κ1) is 12.3. The lowest BCUT2D eigenvalue weighted by atomic mass is 10.2. The second kappa shape index (κ2) is 5.01. The number of hydrogen-bond acceptors (Lipinski definition) is 3. The van der Waals surface area contributed by atoms with Gasteiger partial charge in [-0.05, 0) is 50.1 Å². The van der Waals surface area contributed by atoms with Gasteiger partial charge in [0, 0.05) is 11.9 Å². The van der Waals surface area contributed by atoms with Crippen LogP contribution in [0.2, 0.25) is 0 Å². The number of ether oxygens (including phenoxy) is 1. The first-order chi connectivity index (χ1) is 8.11. The van der Waals surface area contributed by atoms with Crippen LogP contribution in [-0.4, -0.2) is 22.6 Å². The van der Waals surface area contributed by atoms with Crippen LogP contribution in [0.4, 0.5) is 0 Å². The molecule has 0 aliphatic rings. The van der Waals surface area contributed by atoms with Crippen molar-refractivity contribution >= 4 is 37.8 Å². The molecule has 6 heteroatoms. The van der Waals surface area contributed by atoms with Crippen molar-refractivity contribution < 1.29 is 9.53 Å². The third-order valence-electron chi connectivity index (χ3n) is 2.18. The summed E-state index contributed by atoms with van der Waals surface area (Å²) >= 11 is 6.63. The van der Waals surface area contributed by atoms with Gasteiger partial charge in [-0.25, -0.2) is 9.78 Å². The van der Waals surface area contributed by atoms with E-state index in [0.29, 0.717) is 14.9 Å². The molecule has 0 aliphatic heterocycles. The molecule has 2 rings (SSSR count). The number of carbonyl (C=O) groups is 1. The Morgan fingerprint density at radius 3 is 2.76 bits per heavy atom. The summed E-state index contributed by atoms with van der Waals surface area (Å²) in [7, 11) is 1.36. The number of aromatic nitrogens is 2. The van der Waals surface area contributed by atoms with E-state index in [1.54, 1.807) is 24.4 Å². The van der Waals surface area contributed by atoms with Gasteiger partial charge in [-0.15, -0.1) is 0 Å². The van der Waals surface area contributed by atoms with E-state index in [1.165, 1.54) is 7.11 Å². The molecular weight excluding hydrogens is 352 g/mol. The number of nitrogens with zero attached hydrogens (tertiary/aromatic N) is 2. The van der Waals surface area contributed by atoms with Crippen LogP contribution in [0.3, 0.4) is 0 Å². The van der Waals surface area contributed by atoms with Crippen LogP contribution < -0.4 is 0 Å². The van der Waals surface area contributed by atoms with E-state index in [0.717, 1.165) is 5.69 Å². The normalized spacial score (nSPS) is 10.3. The molecular formula is C11H8Br2N2O2. The van der Waals surface area contributed by atoms with Crippen molar-refractivity contribution in [3.63, 3.8) is 0 Å². The summed E-state index contributed by atoms with van der Waals surface area (Å²) in [5, 5.41) is 0. The molecule has 0 aliphatic carbocycles. The quantitative estimate of drug-likeness (QED) is 0.773. The summed E-state index contributed by atoms with van der Waals surface area (Å²) < 4.78 is 7.87. The summed E-state index contributed by atoms with van der Waals surface area (Å²) in [6, 6.07) is 7.12. The first-order valence-corrected chi connectivity index (χ1v) is 6.29. The molecule has 0 N–H and O–H groups in total. The van der Waals surface area contributed by atoms with E-state index < -0.39 is 0 Å². The summed E-state index contributed by atoms with van der Waals surface area (Å²) in [4.78, 5) is 15.6. The maximum atomic E-state index is 11.4. The molecule has 0 bridgehead atoms. The summed E-state index contributed by atoms with van der Waals surface area (Å²) in [6.07, 6.45) is 1.81. The summed E-state index contributed by atoms with van der Waals surface area (Å²) in [6.45, 7) is 0. The molecule has 0 spiro atoms. The molecule has 1 aromatic carbocycles. The van der Waals surface area contributed by atoms with Crippen molar-refractivity contribution in [2.24, 2.45) is 0 Å². The van der Waals surface area contributed by atoms with E-state index >= 15 is 0 Å². The highest BCUT2D eigenvalue weighted by Crippen LogP contribution is 2.21. The monoisotopic (exact) mass is 358 g/mol. The molecule has 0 radical (unpaired) electrons. The van der Waals surface area contributed by atoms with Crippen LogP contribution in [-0.2, 0) is 4.74 Å². The topological polar surface area (TPSA) is 44.1 Å². The fourth-order valence-electron chi connectivity index (χ4n) is 1.41. The van der Waals surface area contributed by atoms with E-state index in [2.05, 4.69) is 41.6 Å². The lowest BCUT2D eigenvalue weighted by molar-refractivity contribution is 0.0600. The predicted molar refractivity (Wildman–Crippen MR) is 70.3 cm³/mol. The second-order valence-electron chi connectivity index (χ2n) is 3.24. The molecule has 0 unspecified atom stereocenters. The zero-order chi connectivity index (χ0) is 12.4. The molecule has 1 aromatic heterocycles. The third kappa shape index (κ3) is 2.58. The fourth-order valence-corrected chi connectivity index (χ4v) is 2.52. The number of rotatable bonds is 2. The van der Waals surface area contributed by atoms with Gasteiger partial charge in [0.15, 0.2) is 4.73 Å². The maximum Gasteiger partial charge on any atom is 0.337 e. The average Bonchev–Trinajstić information content (AvgIpc) is 2.67. The second-order valence-corrected chi connectivity index (χ2v) is 4.77. The van der Waals surface area contributed by atoms with Crippen LogP contribution >= 0.6 is 31.9 Å².